The zero-order chi connectivity index (χ0) is 12.3. The molecule has 0 aromatic heterocycles. The molecule has 1 aromatic rings. The number of hydrogen-bond acceptors (Lipinski definition) is 2. The Morgan fingerprint density at radius 2 is 1.56 bits per heavy atom. The van der Waals surface area contributed by atoms with Crippen molar-refractivity contribution in [2.75, 3.05) is 0 Å². The van der Waals surface area contributed by atoms with Crippen LogP contribution in [0.2, 0.25) is 0 Å². The van der Waals surface area contributed by atoms with Crippen LogP contribution < -0.4 is 5.30 Å². The molecule has 0 fully saturated rings. The maximum atomic E-state index is 9.00. The first-order chi connectivity index (χ1) is 6.86. The van der Waals surface area contributed by atoms with Crippen LogP contribution >= 0.6 is 9.24 Å². The summed E-state index contributed by atoms with van der Waals surface area (Å²) >= 11 is 0. The van der Waals surface area contributed by atoms with Gasteiger partial charge in [-0.25, -0.2) is 0 Å². The molecular weight excluding hydrogens is 321 g/mol. The van der Waals surface area contributed by atoms with E-state index in [0.717, 1.165) is 19.2 Å². The second kappa shape index (κ2) is 14.3. The monoisotopic (exact) mass is 335 g/mol. The van der Waals surface area contributed by atoms with E-state index in [1.165, 1.54) is 0 Å². The molecule has 0 aliphatic rings. The second-order valence-corrected chi connectivity index (χ2v) is 2.98. The topological polar surface area (TPSA) is 74.6 Å². The van der Waals surface area contributed by atoms with Gasteiger partial charge in [-0.2, -0.15) is 30.3 Å². The number of carboxylic acids is 2. The zero-order valence-corrected chi connectivity index (χ0v) is 11.6. The molecule has 2 N–H and O–H groups in total. The van der Waals surface area contributed by atoms with Crippen molar-refractivity contribution in [2.24, 2.45) is 0 Å². The van der Waals surface area contributed by atoms with Crippen molar-refractivity contribution in [1.29, 1.82) is 0 Å². The van der Waals surface area contributed by atoms with E-state index in [-0.39, 0.29) is 20.4 Å². The molecule has 0 spiro atoms. The van der Waals surface area contributed by atoms with Crippen LogP contribution in [0.3, 0.4) is 0 Å². The summed E-state index contributed by atoms with van der Waals surface area (Å²) in [5, 5.41) is 15.9. The molecule has 1 atom stereocenters. The van der Waals surface area contributed by atoms with E-state index in [0.29, 0.717) is 0 Å². The van der Waals surface area contributed by atoms with Crippen LogP contribution in [0.15, 0.2) is 24.3 Å². The Morgan fingerprint density at radius 1 is 1.19 bits per heavy atom. The van der Waals surface area contributed by atoms with Crippen molar-refractivity contribution < 1.29 is 40.2 Å². The van der Waals surface area contributed by atoms with Gasteiger partial charge in [0.05, 0.1) is 0 Å². The van der Waals surface area contributed by atoms with E-state index in [1.54, 1.807) is 0 Å². The minimum atomic E-state index is -0.833. The fourth-order valence-electron chi connectivity index (χ4n) is 0.407. The molecule has 1 rings (SSSR count). The van der Waals surface area contributed by atoms with Crippen LogP contribution in [0.25, 0.3) is 0 Å². The molecule has 0 amide bonds. The van der Waals surface area contributed by atoms with Gasteiger partial charge in [-0.05, 0) is 0 Å². The van der Waals surface area contributed by atoms with Gasteiger partial charge < -0.3 is 10.2 Å². The van der Waals surface area contributed by atoms with Crippen LogP contribution in [-0.2, 0) is 30.0 Å². The molecule has 0 aliphatic heterocycles. The van der Waals surface area contributed by atoms with Crippen molar-refractivity contribution in [3.8, 4) is 0 Å². The van der Waals surface area contributed by atoms with Gasteiger partial charge in [-0.3, -0.25) is 9.59 Å². The Bertz CT molecular complexity index is 270. The van der Waals surface area contributed by atoms with Crippen molar-refractivity contribution >= 4 is 26.5 Å². The average molecular weight is 336 g/mol. The molecule has 6 heteroatoms. The van der Waals surface area contributed by atoms with Crippen molar-refractivity contribution in [3.05, 3.63) is 30.3 Å². The van der Waals surface area contributed by atoms with Gasteiger partial charge >= 0.3 is 0 Å². The fraction of sp³-hybridized carbons (Fsp3) is 0.200. The third kappa shape index (κ3) is 37.8. The van der Waals surface area contributed by atoms with Gasteiger partial charge in [-0.15, -0.1) is 14.5 Å². The maximum Gasteiger partial charge on any atom is 0.300 e. The zero-order valence-electron chi connectivity index (χ0n) is 8.91. The Kier molecular flexibility index (Phi) is 18.4. The Labute approximate surface area is 111 Å². The van der Waals surface area contributed by atoms with Crippen LogP contribution in [0.5, 0.6) is 0 Å². The molecule has 0 saturated heterocycles. The number of aliphatic carboxylic acids is 2. The molecule has 16 heavy (non-hydrogen) atoms. The van der Waals surface area contributed by atoms with Gasteiger partial charge in [-0.1, -0.05) is 0 Å². The third-order valence-electron chi connectivity index (χ3n) is 0.733. The number of benzene rings is 1. The Hall–Kier alpha value is -0.748. The molecule has 0 aliphatic carbocycles. The Balaban J connectivity index is -0.000000166. The first kappa shape index (κ1) is 20.6. The van der Waals surface area contributed by atoms with E-state index < -0.39 is 11.9 Å². The summed E-state index contributed by atoms with van der Waals surface area (Å²) in [4.78, 5) is 18.0. The van der Waals surface area contributed by atoms with E-state index in [1.807, 2.05) is 24.3 Å². The van der Waals surface area contributed by atoms with Gasteiger partial charge in [0, 0.05) is 34.3 Å². The van der Waals surface area contributed by atoms with Crippen LogP contribution in [-0.4, -0.2) is 22.2 Å². The second-order valence-electron chi connectivity index (χ2n) is 2.36. The SMILES string of the molecule is CC(=O)O.CC(=O)O.Pc1[c-]cccc1.[Pd]. The number of hydrogen-bond donors (Lipinski definition) is 2. The molecule has 0 radical (unpaired) electrons. The maximum absolute atomic E-state index is 9.00. The average Bonchev–Trinajstić information content (AvgIpc) is 2.03. The summed E-state index contributed by atoms with van der Waals surface area (Å²) < 4.78 is 0. The van der Waals surface area contributed by atoms with Crippen LogP contribution in [0.1, 0.15) is 13.8 Å². The summed E-state index contributed by atoms with van der Waals surface area (Å²) in [5.74, 6) is -1.67. The van der Waals surface area contributed by atoms with Crippen molar-refractivity contribution in [3.63, 3.8) is 0 Å². The van der Waals surface area contributed by atoms with Crippen LogP contribution in [0, 0.1) is 6.07 Å². The van der Waals surface area contributed by atoms with Crippen LogP contribution in [0.4, 0.5) is 0 Å². The van der Waals surface area contributed by atoms with E-state index in [4.69, 9.17) is 19.8 Å². The summed E-state index contributed by atoms with van der Waals surface area (Å²) in [6.07, 6.45) is 0. The molecular formula is C10H14O4PPd-. The molecule has 1 aromatic carbocycles. The standard InChI is InChI=1S/C6H6P.2C2H4O2.Pd/c7-6-4-2-1-3-5-6;2*1-2(3)4;/h1-4H,7H2;2*1H3,(H,3,4);/q-1;;;. The smallest absolute Gasteiger partial charge is 0.300 e. The minimum absolute atomic E-state index is 0. The number of carbonyl (C=O) groups is 2. The third-order valence-corrected chi connectivity index (χ3v) is 1.09. The molecule has 94 valence electrons. The summed E-state index contributed by atoms with van der Waals surface area (Å²) in [7, 11) is 2.57. The van der Waals surface area contributed by atoms with Gasteiger partial charge in [0.1, 0.15) is 0 Å². The first-order valence-electron chi connectivity index (χ1n) is 3.97. The van der Waals surface area contributed by atoms with Gasteiger partial charge in [0.2, 0.25) is 0 Å². The Morgan fingerprint density at radius 3 is 1.69 bits per heavy atom. The van der Waals surface area contributed by atoms with Crippen molar-refractivity contribution in [2.45, 2.75) is 13.8 Å². The molecule has 0 bridgehead atoms. The summed E-state index contributed by atoms with van der Waals surface area (Å²) in [6.45, 7) is 2.17. The molecule has 1 unspecified atom stereocenters. The minimum Gasteiger partial charge on any atom is -0.481 e. The predicted molar refractivity (Wildman–Crippen MR) is 61.2 cm³/mol. The quantitative estimate of drug-likeness (QED) is 0.424. The first-order valence-corrected chi connectivity index (χ1v) is 4.55. The van der Waals surface area contributed by atoms with E-state index in [2.05, 4.69) is 15.3 Å². The summed E-state index contributed by atoms with van der Waals surface area (Å²) in [6, 6.07) is 10.8. The summed E-state index contributed by atoms with van der Waals surface area (Å²) in [5.41, 5.74) is 0. The molecule has 0 heterocycles. The normalized spacial score (nSPS) is 6.94. The number of rotatable bonds is 0. The van der Waals surface area contributed by atoms with E-state index >= 15 is 0 Å². The van der Waals surface area contributed by atoms with E-state index in [9.17, 15) is 0 Å². The predicted octanol–water partition coefficient (Wildman–Crippen LogP) is 1.17. The van der Waals surface area contributed by atoms with Gasteiger partial charge in [0.25, 0.3) is 11.9 Å². The van der Waals surface area contributed by atoms with Crippen molar-refractivity contribution in [1.82, 2.24) is 0 Å². The fourth-order valence-corrected chi connectivity index (χ4v) is 0.615. The largest absolute Gasteiger partial charge is 0.481 e. The number of carboxylic acid groups (broad SMARTS) is 2. The van der Waals surface area contributed by atoms with Gasteiger partial charge in [0.15, 0.2) is 0 Å². The molecule has 0 saturated carbocycles. The molecule has 4 nitrogen and oxygen atoms in total.